The number of pyridine rings is 2. The van der Waals surface area contributed by atoms with Gasteiger partial charge in [0.25, 0.3) is 0 Å². The molecule has 26 heavy (non-hydrogen) atoms. The molecule has 0 bridgehead atoms. The van der Waals surface area contributed by atoms with Crippen molar-refractivity contribution in [2.24, 2.45) is 0 Å². The summed E-state index contributed by atoms with van der Waals surface area (Å²) < 4.78 is 40.7. The van der Waals surface area contributed by atoms with E-state index in [0.717, 1.165) is 12.6 Å². The molecule has 0 radical (unpaired) electrons. The molecule has 1 aliphatic heterocycles. The van der Waals surface area contributed by atoms with Crippen LogP contribution in [0.1, 0.15) is 12.5 Å². The van der Waals surface area contributed by atoms with E-state index in [2.05, 4.69) is 25.5 Å². The number of nitrogens with zero attached hydrogens (tertiary/aromatic N) is 4. The van der Waals surface area contributed by atoms with Crippen molar-refractivity contribution in [1.29, 1.82) is 0 Å². The first-order valence-electron chi connectivity index (χ1n) is 8.29. The SMILES string of the molecule is CC1CN(c2ccc(C(F)(F)F)c(-c3n[nH]c4ncccc34)n2)CCN1. The predicted octanol–water partition coefficient (Wildman–Crippen LogP) is 2.84. The highest BCUT2D eigenvalue weighted by molar-refractivity contribution is 5.90. The van der Waals surface area contributed by atoms with Crippen LogP contribution in [0.4, 0.5) is 19.0 Å². The average molecular weight is 362 g/mol. The summed E-state index contributed by atoms with van der Waals surface area (Å²) in [6, 6.07) is 6.10. The molecule has 3 aromatic heterocycles. The van der Waals surface area contributed by atoms with Crippen LogP contribution in [-0.4, -0.2) is 45.8 Å². The Morgan fingerprint density at radius 2 is 2.04 bits per heavy atom. The van der Waals surface area contributed by atoms with Crippen molar-refractivity contribution in [1.82, 2.24) is 25.5 Å². The summed E-state index contributed by atoms with van der Waals surface area (Å²) in [6.45, 7) is 4.16. The molecule has 4 heterocycles. The van der Waals surface area contributed by atoms with Crippen LogP contribution in [0.3, 0.4) is 0 Å². The van der Waals surface area contributed by atoms with Crippen LogP contribution in [0.15, 0.2) is 30.5 Å². The van der Waals surface area contributed by atoms with E-state index in [0.29, 0.717) is 29.9 Å². The Morgan fingerprint density at radius 3 is 2.81 bits per heavy atom. The van der Waals surface area contributed by atoms with Crippen LogP contribution in [0, 0.1) is 0 Å². The maximum absolute atomic E-state index is 13.6. The molecule has 6 nitrogen and oxygen atoms in total. The molecular formula is C17H17F3N6. The topological polar surface area (TPSA) is 69.7 Å². The highest BCUT2D eigenvalue weighted by Crippen LogP contribution is 2.38. The van der Waals surface area contributed by atoms with E-state index in [-0.39, 0.29) is 17.4 Å². The molecule has 1 atom stereocenters. The van der Waals surface area contributed by atoms with E-state index in [9.17, 15) is 13.2 Å². The molecule has 2 N–H and O–H groups in total. The zero-order valence-electron chi connectivity index (χ0n) is 14.0. The van der Waals surface area contributed by atoms with Crippen LogP contribution in [0.5, 0.6) is 0 Å². The van der Waals surface area contributed by atoms with Crippen LogP contribution in [0.2, 0.25) is 0 Å². The van der Waals surface area contributed by atoms with E-state index >= 15 is 0 Å². The summed E-state index contributed by atoms with van der Waals surface area (Å²) in [5.41, 5.74) is -0.397. The smallest absolute Gasteiger partial charge is 0.354 e. The van der Waals surface area contributed by atoms with Crippen LogP contribution >= 0.6 is 0 Å². The maximum Gasteiger partial charge on any atom is 0.418 e. The number of hydrogen-bond acceptors (Lipinski definition) is 5. The molecule has 3 aromatic rings. The number of nitrogens with one attached hydrogen (secondary N) is 2. The van der Waals surface area contributed by atoms with Gasteiger partial charge in [0.05, 0.1) is 5.56 Å². The van der Waals surface area contributed by atoms with E-state index in [1.54, 1.807) is 18.3 Å². The van der Waals surface area contributed by atoms with Gasteiger partial charge in [-0.2, -0.15) is 18.3 Å². The van der Waals surface area contributed by atoms with Crippen molar-refractivity contribution < 1.29 is 13.2 Å². The second kappa shape index (κ2) is 6.24. The molecule has 4 rings (SSSR count). The largest absolute Gasteiger partial charge is 0.418 e. The maximum atomic E-state index is 13.6. The second-order valence-electron chi connectivity index (χ2n) is 6.34. The summed E-state index contributed by atoms with van der Waals surface area (Å²) in [7, 11) is 0. The molecule has 0 spiro atoms. The Balaban J connectivity index is 1.86. The fraction of sp³-hybridized carbons (Fsp3) is 0.353. The van der Waals surface area contributed by atoms with Gasteiger partial charge in [-0.1, -0.05) is 0 Å². The Kier molecular flexibility index (Phi) is 4.03. The molecule has 1 unspecified atom stereocenters. The summed E-state index contributed by atoms with van der Waals surface area (Å²) in [6.07, 6.45) is -2.97. The number of H-pyrrole nitrogens is 1. The van der Waals surface area contributed by atoms with Crippen molar-refractivity contribution in [3.05, 3.63) is 36.0 Å². The van der Waals surface area contributed by atoms with Gasteiger partial charge in [0.2, 0.25) is 0 Å². The van der Waals surface area contributed by atoms with Gasteiger partial charge in [-0.3, -0.25) is 5.10 Å². The third-order valence-corrected chi connectivity index (χ3v) is 4.44. The molecule has 1 fully saturated rings. The van der Waals surface area contributed by atoms with Gasteiger partial charge in [0, 0.05) is 37.3 Å². The predicted molar refractivity (Wildman–Crippen MR) is 91.8 cm³/mol. The second-order valence-corrected chi connectivity index (χ2v) is 6.34. The highest BCUT2D eigenvalue weighted by Gasteiger charge is 2.36. The molecule has 0 saturated carbocycles. The Morgan fingerprint density at radius 1 is 1.19 bits per heavy atom. The number of aromatic nitrogens is 4. The third-order valence-electron chi connectivity index (χ3n) is 4.44. The van der Waals surface area contributed by atoms with E-state index in [1.807, 2.05) is 11.8 Å². The van der Waals surface area contributed by atoms with Crippen molar-refractivity contribution >= 4 is 16.9 Å². The van der Waals surface area contributed by atoms with Crippen molar-refractivity contribution in [2.75, 3.05) is 24.5 Å². The Hall–Kier alpha value is -2.68. The van der Waals surface area contributed by atoms with Crippen LogP contribution < -0.4 is 10.2 Å². The van der Waals surface area contributed by atoms with Gasteiger partial charge < -0.3 is 10.2 Å². The minimum absolute atomic E-state index is 0.158. The van der Waals surface area contributed by atoms with Crippen molar-refractivity contribution in [3.8, 4) is 11.4 Å². The first-order valence-corrected chi connectivity index (χ1v) is 8.29. The monoisotopic (exact) mass is 362 g/mol. The molecule has 1 aliphatic rings. The lowest BCUT2D eigenvalue weighted by atomic mass is 10.1. The fourth-order valence-corrected chi connectivity index (χ4v) is 3.21. The quantitative estimate of drug-likeness (QED) is 0.734. The molecular weight excluding hydrogens is 345 g/mol. The Bertz CT molecular complexity index is 936. The van der Waals surface area contributed by atoms with Gasteiger partial charge >= 0.3 is 6.18 Å². The first-order chi connectivity index (χ1) is 12.4. The highest BCUT2D eigenvalue weighted by atomic mass is 19.4. The molecule has 136 valence electrons. The number of halogens is 3. The summed E-state index contributed by atoms with van der Waals surface area (Å²) in [4.78, 5) is 10.4. The lowest BCUT2D eigenvalue weighted by molar-refractivity contribution is -0.137. The molecule has 0 amide bonds. The van der Waals surface area contributed by atoms with Crippen molar-refractivity contribution in [2.45, 2.75) is 19.1 Å². The number of piperazine rings is 1. The summed E-state index contributed by atoms with van der Waals surface area (Å²) in [5, 5.41) is 10.6. The number of anilines is 1. The first kappa shape index (κ1) is 16.8. The number of alkyl halides is 3. The van der Waals surface area contributed by atoms with E-state index < -0.39 is 11.7 Å². The molecule has 9 heteroatoms. The van der Waals surface area contributed by atoms with Crippen molar-refractivity contribution in [3.63, 3.8) is 0 Å². The summed E-state index contributed by atoms with van der Waals surface area (Å²) >= 11 is 0. The summed E-state index contributed by atoms with van der Waals surface area (Å²) in [5.74, 6) is 0.515. The fourth-order valence-electron chi connectivity index (χ4n) is 3.21. The zero-order chi connectivity index (χ0) is 18.3. The number of fused-ring (bicyclic) bond motifs is 1. The normalized spacial score (nSPS) is 18.5. The standard InChI is InChI=1S/C17H17F3N6/c1-10-9-26(8-7-21-10)13-5-4-12(17(18,19)20)15(23-13)14-11-3-2-6-22-16(11)25-24-14/h2-6,10,21H,7-9H2,1H3,(H,22,24,25). The zero-order valence-corrected chi connectivity index (χ0v) is 14.0. The number of aromatic amines is 1. The van der Waals surface area contributed by atoms with E-state index in [4.69, 9.17) is 0 Å². The molecule has 1 saturated heterocycles. The third kappa shape index (κ3) is 2.98. The average Bonchev–Trinajstić information content (AvgIpc) is 3.04. The number of rotatable bonds is 2. The lowest BCUT2D eigenvalue weighted by Crippen LogP contribution is -2.49. The van der Waals surface area contributed by atoms with Gasteiger partial charge in [-0.05, 0) is 31.2 Å². The van der Waals surface area contributed by atoms with Gasteiger partial charge in [0.15, 0.2) is 5.65 Å². The van der Waals surface area contributed by atoms with Gasteiger partial charge in [0.1, 0.15) is 17.2 Å². The minimum atomic E-state index is -4.52. The lowest BCUT2D eigenvalue weighted by Gasteiger charge is -2.33. The minimum Gasteiger partial charge on any atom is -0.354 e. The van der Waals surface area contributed by atoms with Crippen LogP contribution in [-0.2, 0) is 6.18 Å². The number of hydrogen-bond donors (Lipinski definition) is 2. The van der Waals surface area contributed by atoms with Gasteiger partial charge in [-0.25, -0.2) is 9.97 Å². The van der Waals surface area contributed by atoms with Crippen LogP contribution in [0.25, 0.3) is 22.4 Å². The van der Waals surface area contributed by atoms with E-state index in [1.165, 1.54) is 6.07 Å². The Labute approximate surface area is 147 Å². The molecule has 0 aliphatic carbocycles. The molecule has 0 aromatic carbocycles. The van der Waals surface area contributed by atoms with Gasteiger partial charge in [-0.15, -0.1) is 0 Å².